The van der Waals surface area contributed by atoms with Crippen LogP contribution < -0.4 is 0 Å². The first-order chi connectivity index (χ1) is 6.51. The molecule has 0 saturated carbocycles. The summed E-state index contributed by atoms with van der Waals surface area (Å²) in [5, 5.41) is 0. The van der Waals surface area contributed by atoms with Crippen LogP contribution in [0.5, 0.6) is 0 Å². The Morgan fingerprint density at radius 2 is 2.14 bits per heavy atom. The molecule has 0 spiro atoms. The Kier molecular flexibility index (Phi) is 3.50. The highest BCUT2D eigenvalue weighted by atomic mass is 16.1. The second-order valence-electron chi connectivity index (χ2n) is 4.99. The van der Waals surface area contributed by atoms with Crippen LogP contribution in [0, 0.1) is 5.41 Å². The molecule has 0 aliphatic heterocycles. The average molecular weight is 193 g/mol. The molecule has 0 radical (unpaired) electrons. The molecule has 0 aromatic carbocycles. The number of aromatic amines is 1. The van der Waals surface area contributed by atoms with Crippen LogP contribution in [-0.4, -0.2) is 11.3 Å². The molecule has 14 heavy (non-hydrogen) atoms. The highest BCUT2D eigenvalue weighted by molar-refractivity contribution is 5.74. The molecule has 2 nitrogen and oxygen atoms in total. The SMILES string of the molecule is CC(C)(C)CCCc1cc(C=O)c[nH]1. The maximum Gasteiger partial charge on any atom is 0.151 e. The summed E-state index contributed by atoms with van der Waals surface area (Å²) < 4.78 is 0. The van der Waals surface area contributed by atoms with Crippen LogP contribution in [0.2, 0.25) is 0 Å². The van der Waals surface area contributed by atoms with Gasteiger partial charge < -0.3 is 4.98 Å². The van der Waals surface area contributed by atoms with E-state index in [0.29, 0.717) is 5.41 Å². The molecule has 0 amide bonds. The van der Waals surface area contributed by atoms with Crippen molar-refractivity contribution in [2.24, 2.45) is 5.41 Å². The summed E-state index contributed by atoms with van der Waals surface area (Å²) in [7, 11) is 0. The maximum atomic E-state index is 10.4. The van der Waals surface area contributed by atoms with Gasteiger partial charge in [0.2, 0.25) is 0 Å². The summed E-state index contributed by atoms with van der Waals surface area (Å²) in [5.74, 6) is 0. The molecule has 0 atom stereocenters. The van der Waals surface area contributed by atoms with Gasteiger partial charge in [0.1, 0.15) is 0 Å². The van der Waals surface area contributed by atoms with E-state index in [1.165, 1.54) is 12.8 Å². The number of carbonyl (C=O) groups is 1. The van der Waals surface area contributed by atoms with Gasteiger partial charge in [-0.05, 0) is 30.7 Å². The third-order valence-electron chi connectivity index (χ3n) is 2.27. The van der Waals surface area contributed by atoms with Crippen molar-refractivity contribution in [3.63, 3.8) is 0 Å². The first-order valence-electron chi connectivity index (χ1n) is 5.14. The van der Waals surface area contributed by atoms with Crippen molar-refractivity contribution in [3.8, 4) is 0 Å². The zero-order valence-electron chi connectivity index (χ0n) is 9.26. The summed E-state index contributed by atoms with van der Waals surface area (Å²) in [5.41, 5.74) is 2.31. The molecule has 0 aliphatic rings. The van der Waals surface area contributed by atoms with Gasteiger partial charge in [-0.25, -0.2) is 0 Å². The largest absolute Gasteiger partial charge is 0.364 e. The van der Waals surface area contributed by atoms with Crippen LogP contribution in [0.4, 0.5) is 0 Å². The molecular weight excluding hydrogens is 174 g/mol. The van der Waals surface area contributed by atoms with E-state index in [2.05, 4.69) is 25.8 Å². The van der Waals surface area contributed by atoms with Crippen molar-refractivity contribution in [1.29, 1.82) is 0 Å². The number of hydrogen-bond acceptors (Lipinski definition) is 1. The van der Waals surface area contributed by atoms with Crippen molar-refractivity contribution >= 4 is 6.29 Å². The lowest BCUT2D eigenvalue weighted by molar-refractivity contribution is 0.112. The summed E-state index contributed by atoms with van der Waals surface area (Å²) in [6.45, 7) is 6.75. The van der Waals surface area contributed by atoms with Gasteiger partial charge in [0.15, 0.2) is 6.29 Å². The highest BCUT2D eigenvalue weighted by Gasteiger charge is 2.09. The standard InChI is InChI=1S/C12H19NO/c1-12(2,3)6-4-5-11-7-10(9-14)8-13-11/h7-9,13H,4-6H2,1-3H3. The molecule has 78 valence electrons. The Morgan fingerprint density at radius 3 is 2.64 bits per heavy atom. The minimum atomic E-state index is 0.403. The molecule has 1 N–H and O–H groups in total. The quantitative estimate of drug-likeness (QED) is 0.732. The third kappa shape index (κ3) is 3.77. The van der Waals surface area contributed by atoms with Gasteiger partial charge in [-0.3, -0.25) is 4.79 Å². The zero-order valence-corrected chi connectivity index (χ0v) is 9.26. The molecule has 0 saturated heterocycles. The van der Waals surface area contributed by atoms with Gasteiger partial charge in [-0.15, -0.1) is 0 Å². The fourth-order valence-electron chi connectivity index (χ4n) is 1.48. The maximum absolute atomic E-state index is 10.4. The van der Waals surface area contributed by atoms with Gasteiger partial charge >= 0.3 is 0 Å². The highest BCUT2D eigenvalue weighted by Crippen LogP contribution is 2.21. The van der Waals surface area contributed by atoms with Gasteiger partial charge in [0.25, 0.3) is 0 Å². The number of aromatic nitrogens is 1. The summed E-state index contributed by atoms with van der Waals surface area (Å²) >= 11 is 0. The minimum absolute atomic E-state index is 0.403. The second-order valence-corrected chi connectivity index (χ2v) is 4.99. The van der Waals surface area contributed by atoms with Crippen molar-refractivity contribution in [2.45, 2.75) is 40.0 Å². The Hall–Kier alpha value is -1.05. The number of aldehydes is 1. The summed E-state index contributed by atoms with van der Waals surface area (Å²) in [4.78, 5) is 13.5. The van der Waals surface area contributed by atoms with E-state index in [1.807, 2.05) is 6.07 Å². The van der Waals surface area contributed by atoms with E-state index in [9.17, 15) is 4.79 Å². The molecule has 1 aromatic heterocycles. The van der Waals surface area contributed by atoms with E-state index in [1.54, 1.807) is 6.20 Å². The molecule has 0 unspecified atom stereocenters. The molecule has 1 rings (SSSR count). The van der Waals surface area contributed by atoms with E-state index < -0.39 is 0 Å². The Morgan fingerprint density at radius 1 is 1.43 bits per heavy atom. The molecule has 0 aliphatic carbocycles. The Bertz CT molecular complexity index is 294. The number of aryl methyl sites for hydroxylation is 1. The average Bonchev–Trinajstić information content (AvgIpc) is 2.50. The van der Waals surface area contributed by atoms with Crippen LogP contribution in [0.15, 0.2) is 12.3 Å². The number of carbonyl (C=O) groups excluding carboxylic acids is 1. The van der Waals surface area contributed by atoms with Gasteiger partial charge in [0, 0.05) is 17.5 Å². The molecule has 0 bridgehead atoms. The minimum Gasteiger partial charge on any atom is -0.364 e. The summed E-state index contributed by atoms with van der Waals surface area (Å²) in [6.07, 6.45) is 6.05. The fourth-order valence-corrected chi connectivity index (χ4v) is 1.48. The number of nitrogens with one attached hydrogen (secondary N) is 1. The predicted octanol–water partition coefficient (Wildman–Crippen LogP) is 3.20. The number of H-pyrrole nitrogens is 1. The number of rotatable bonds is 4. The van der Waals surface area contributed by atoms with Crippen LogP contribution in [0.25, 0.3) is 0 Å². The lowest BCUT2D eigenvalue weighted by atomic mass is 9.89. The van der Waals surface area contributed by atoms with E-state index >= 15 is 0 Å². The fraction of sp³-hybridized carbons (Fsp3) is 0.583. The van der Waals surface area contributed by atoms with Crippen molar-refractivity contribution in [1.82, 2.24) is 4.98 Å². The smallest absolute Gasteiger partial charge is 0.151 e. The lowest BCUT2D eigenvalue weighted by Gasteiger charge is -2.17. The first kappa shape index (κ1) is 11.0. The molecular formula is C12H19NO. The lowest BCUT2D eigenvalue weighted by Crippen LogP contribution is -2.04. The summed E-state index contributed by atoms with van der Waals surface area (Å²) in [6, 6.07) is 1.93. The number of hydrogen-bond donors (Lipinski definition) is 1. The van der Waals surface area contributed by atoms with Crippen molar-refractivity contribution in [3.05, 3.63) is 23.5 Å². The Labute approximate surface area is 85.7 Å². The van der Waals surface area contributed by atoms with Crippen LogP contribution in [-0.2, 0) is 6.42 Å². The second kappa shape index (κ2) is 4.45. The van der Waals surface area contributed by atoms with Crippen molar-refractivity contribution < 1.29 is 4.79 Å². The predicted molar refractivity (Wildman–Crippen MR) is 58.6 cm³/mol. The zero-order chi connectivity index (χ0) is 10.6. The van der Waals surface area contributed by atoms with E-state index in [0.717, 1.165) is 24.0 Å². The van der Waals surface area contributed by atoms with Gasteiger partial charge in [-0.1, -0.05) is 20.8 Å². The van der Waals surface area contributed by atoms with Crippen LogP contribution in [0.1, 0.15) is 49.7 Å². The van der Waals surface area contributed by atoms with E-state index in [-0.39, 0.29) is 0 Å². The Balaban J connectivity index is 2.35. The molecule has 0 fully saturated rings. The molecule has 1 heterocycles. The molecule has 2 heteroatoms. The monoisotopic (exact) mass is 193 g/mol. The van der Waals surface area contributed by atoms with Crippen molar-refractivity contribution in [2.75, 3.05) is 0 Å². The van der Waals surface area contributed by atoms with E-state index in [4.69, 9.17) is 0 Å². The normalized spacial score (nSPS) is 11.6. The van der Waals surface area contributed by atoms with Crippen LogP contribution >= 0.6 is 0 Å². The van der Waals surface area contributed by atoms with Gasteiger partial charge in [0.05, 0.1) is 0 Å². The van der Waals surface area contributed by atoms with Gasteiger partial charge in [-0.2, -0.15) is 0 Å². The van der Waals surface area contributed by atoms with Crippen LogP contribution in [0.3, 0.4) is 0 Å². The first-order valence-corrected chi connectivity index (χ1v) is 5.14. The molecule has 1 aromatic rings. The third-order valence-corrected chi connectivity index (χ3v) is 2.27. The topological polar surface area (TPSA) is 32.9 Å².